The van der Waals surface area contributed by atoms with Crippen molar-refractivity contribution in [3.8, 4) is 0 Å². The molecule has 2 amide bonds. The first-order valence-corrected chi connectivity index (χ1v) is 15.8. The van der Waals surface area contributed by atoms with Crippen LogP contribution in [0.5, 0.6) is 0 Å². The van der Waals surface area contributed by atoms with Crippen molar-refractivity contribution in [1.29, 1.82) is 0 Å². The lowest BCUT2D eigenvalue weighted by atomic mass is 9.95. The number of para-hydroxylation sites is 1. The Bertz CT molecular complexity index is 1510. The zero-order chi connectivity index (χ0) is 33.1. The number of H-pyrrole nitrogens is 1. The van der Waals surface area contributed by atoms with E-state index in [0.717, 1.165) is 22.0 Å². The van der Waals surface area contributed by atoms with E-state index in [-0.39, 0.29) is 57.3 Å². The molecule has 0 fully saturated rings. The second-order valence-electron chi connectivity index (χ2n) is 12.8. The summed E-state index contributed by atoms with van der Waals surface area (Å²) in [6.07, 6.45) is 6.04. The van der Waals surface area contributed by atoms with Gasteiger partial charge in [-0.3, -0.25) is 19.2 Å². The first-order chi connectivity index (χ1) is 22.0. The summed E-state index contributed by atoms with van der Waals surface area (Å²) in [5.41, 5.74) is 2.12. The summed E-state index contributed by atoms with van der Waals surface area (Å²) in [5, 5.41) is 13.7. The van der Waals surface area contributed by atoms with Crippen molar-refractivity contribution in [1.82, 2.24) is 15.2 Å². The van der Waals surface area contributed by atoms with Crippen LogP contribution in [0, 0.1) is 11.8 Å². The molecule has 0 aliphatic carbocycles. The molecule has 3 atom stereocenters. The van der Waals surface area contributed by atoms with Crippen LogP contribution in [0.4, 0.5) is 0 Å². The Kier molecular flexibility index (Phi) is 12.1. The fourth-order valence-electron chi connectivity index (χ4n) is 5.54. The molecule has 246 valence electrons. The molecular formula is C36H45N3O7. The average molecular weight is 632 g/mol. The van der Waals surface area contributed by atoms with Crippen molar-refractivity contribution in [3.63, 3.8) is 0 Å². The number of ether oxygens (including phenoxy) is 2. The lowest BCUT2D eigenvalue weighted by molar-refractivity contribution is -0.161. The molecule has 3 N–H and O–H groups in total. The van der Waals surface area contributed by atoms with Crippen LogP contribution in [0.15, 0.2) is 72.9 Å². The normalized spacial score (nSPS) is 20.1. The van der Waals surface area contributed by atoms with Gasteiger partial charge in [0.25, 0.3) is 0 Å². The van der Waals surface area contributed by atoms with E-state index in [2.05, 4.69) is 10.3 Å². The Morgan fingerprint density at radius 2 is 1.67 bits per heavy atom. The molecule has 0 unspecified atom stereocenters. The number of aliphatic hydroxyl groups is 1. The van der Waals surface area contributed by atoms with Crippen LogP contribution in [-0.2, 0) is 41.6 Å². The van der Waals surface area contributed by atoms with Crippen LogP contribution in [0.25, 0.3) is 10.9 Å². The SMILES string of the molecule is CC(C)(C)OC(=O)C[C@@H]1C/C=C\C[C@H](CC(=O)N(CCO)Cc2ccccc2)C(=O)N[C@H](Cc2c[nH]c3ccccc23)COC1=O. The lowest BCUT2D eigenvalue weighted by Gasteiger charge is -2.27. The highest BCUT2D eigenvalue weighted by Gasteiger charge is 2.30. The van der Waals surface area contributed by atoms with Crippen LogP contribution < -0.4 is 5.32 Å². The van der Waals surface area contributed by atoms with Gasteiger partial charge in [-0.05, 0) is 57.2 Å². The maximum absolute atomic E-state index is 13.8. The van der Waals surface area contributed by atoms with Gasteiger partial charge in [0, 0.05) is 36.6 Å². The predicted octanol–water partition coefficient (Wildman–Crippen LogP) is 4.46. The average Bonchev–Trinajstić information content (AvgIpc) is 3.41. The van der Waals surface area contributed by atoms with Gasteiger partial charge in [0.2, 0.25) is 11.8 Å². The van der Waals surface area contributed by atoms with Gasteiger partial charge in [0.15, 0.2) is 0 Å². The van der Waals surface area contributed by atoms with E-state index in [1.165, 1.54) is 0 Å². The molecule has 10 heteroatoms. The van der Waals surface area contributed by atoms with Crippen molar-refractivity contribution >= 4 is 34.7 Å². The van der Waals surface area contributed by atoms with Crippen LogP contribution in [-0.4, -0.2) is 70.1 Å². The van der Waals surface area contributed by atoms with E-state index in [0.29, 0.717) is 13.0 Å². The number of hydrogen-bond acceptors (Lipinski definition) is 7. The van der Waals surface area contributed by atoms with Crippen molar-refractivity contribution in [2.75, 3.05) is 19.8 Å². The Balaban J connectivity index is 1.56. The number of cyclic esters (lactones) is 1. The largest absolute Gasteiger partial charge is 0.463 e. The van der Waals surface area contributed by atoms with Crippen LogP contribution in [0.2, 0.25) is 0 Å². The minimum absolute atomic E-state index is 0.0655. The summed E-state index contributed by atoms with van der Waals surface area (Å²) in [6.45, 7) is 5.46. The lowest BCUT2D eigenvalue weighted by Crippen LogP contribution is -2.45. The van der Waals surface area contributed by atoms with Crippen LogP contribution in [0.3, 0.4) is 0 Å². The molecule has 46 heavy (non-hydrogen) atoms. The summed E-state index contributed by atoms with van der Waals surface area (Å²) < 4.78 is 11.2. The Morgan fingerprint density at radius 3 is 2.39 bits per heavy atom. The number of allylic oxidation sites excluding steroid dienone is 2. The van der Waals surface area contributed by atoms with Gasteiger partial charge < -0.3 is 29.8 Å². The maximum Gasteiger partial charge on any atom is 0.309 e. The number of aliphatic hydroxyl groups excluding tert-OH is 1. The molecule has 0 saturated heterocycles. The second kappa shape index (κ2) is 16.2. The second-order valence-corrected chi connectivity index (χ2v) is 12.8. The molecule has 2 heterocycles. The third-order valence-electron chi connectivity index (χ3n) is 7.82. The Hall–Kier alpha value is -4.44. The number of nitrogens with one attached hydrogen (secondary N) is 2. The fraction of sp³-hybridized carbons (Fsp3) is 0.444. The van der Waals surface area contributed by atoms with E-state index < -0.39 is 35.4 Å². The highest BCUT2D eigenvalue weighted by Crippen LogP contribution is 2.23. The zero-order valence-electron chi connectivity index (χ0n) is 26.9. The minimum Gasteiger partial charge on any atom is -0.463 e. The van der Waals surface area contributed by atoms with Crippen molar-refractivity contribution in [3.05, 3.63) is 84.1 Å². The molecule has 1 aromatic heterocycles. The van der Waals surface area contributed by atoms with E-state index in [4.69, 9.17) is 9.47 Å². The van der Waals surface area contributed by atoms with Gasteiger partial charge in [-0.15, -0.1) is 0 Å². The summed E-state index contributed by atoms with van der Waals surface area (Å²) in [6, 6.07) is 16.7. The van der Waals surface area contributed by atoms with Gasteiger partial charge in [-0.25, -0.2) is 0 Å². The molecule has 0 radical (unpaired) electrons. The van der Waals surface area contributed by atoms with Gasteiger partial charge >= 0.3 is 11.9 Å². The first-order valence-electron chi connectivity index (χ1n) is 15.8. The third kappa shape index (κ3) is 10.3. The number of hydrogen-bond donors (Lipinski definition) is 3. The summed E-state index contributed by atoms with van der Waals surface area (Å²) in [4.78, 5) is 57.9. The molecule has 2 aromatic carbocycles. The molecule has 0 bridgehead atoms. The highest BCUT2D eigenvalue weighted by atomic mass is 16.6. The number of benzene rings is 2. The molecule has 0 saturated carbocycles. The topological polar surface area (TPSA) is 138 Å². The number of aromatic nitrogens is 1. The quantitative estimate of drug-likeness (QED) is 0.222. The van der Waals surface area contributed by atoms with Crippen molar-refractivity contribution in [2.24, 2.45) is 11.8 Å². The smallest absolute Gasteiger partial charge is 0.309 e. The number of rotatable bonds is 10. The van der Waals surface area contributed by atoms with Crippen molar-refractivity contribution in [2.45, 2.75) is 71.1 Å². The molecule has 1 aliphatic heterocycles. The molecule has 0 spiro atoms. The third-order valence-corrected chi connectivity index (χ3v) is 7.82. The van der Waals surface area contributed by atoms with E-state index in [1.807, 2.05) is 60.8 Å². The van der Waals surface area contributed by atoms with E-state index in [9.17, 15) is 24.3 Å². The molecule has 10 nitrogen and oxygen atoms in total. The minimum atomic E-state index is -0.763. The number of carbonyl (C=O) groups excluding carboxylic acids is 4. The Morgan fingerprint density at radius 1 is 0.978 bits per heavy atom. The van der Waals surface area contributed by atoms with Gasteiger partial charge in [0.1, 0.15) is 12.2 Å². The summed E-state index contributed by atoms with van der Waals surface area (Å²) in [5.74, 6) is -3.08. The number of nitrogens with zero attached hydrogens (tertiary/aromatic N) is 1. The Labute approximate surface area is 270 Å². The number of fused-ring (bicyclic) bond motifs is 1. The maximum atomic E-state index is 13.8. The number of aromatic amines is 1. The molecule has 1 aliphatic rings. The number of esters is 2. The predicted molar refractivity (Wildman–Crippen MR) is 174 cm³/mol. The zero-order valence-corrected chi connectivity index (χ0v) is 26.9. The summed E-state index contributed by atoms with van der Waals surface area (Å²) in [7, 11) is 0. The number of carbonyl (C=O) groups is 4. The van der Waals surface area contributed by atoms with Crippen molar-refractivity contribution < 1.29 is 33.8 Å². The molecule has 4 rings (SSSR count). The number of amides is 2. The van der Waals surface area contributed by atoms with E-state index >= 15 is 0 Å². The van der Waals surface area contributed by atoms with E-state index in [1.54, 1.807) is 37.8 Å². The van der Waals surface area contributed by atoms with Crippen LogP contribution >= 0.6 is 0 Å². The van der Waals surface area contributed by atoms with Gasteiger partial charge in [-0.1, -0.05) is 60.7 Å². The standard InChI is InChI=1S/C36H45N3O7/c1-36(2,3)46-33(42)21-27-14-8-7-13-26(20-32(41)39(17-18-40)23-25-11-5-4-6-12-25)34(43)38-29(24-45-35(27)44)19-28-22-37-31-16-10-9-15-30(28)31/h4-12,15-16,22,26-27,29,37,40H,13-14,17-21,23-24H2,1-3H3,(H,38,43)/b8-7-/t26-,27+,29-/m1/s1. The fourth-order valence-corrected chi connectivity index (χ4v) is 5.54. The highest BCUT2D eigenvalue weighted by molar-refractivity contribution is 5.87. The summed E-state index contributed by atoms with van der Waals surface area (Å²) >= 11 is 0. The molecular weight excluding hydrogens is 586 g/mol. The van der Waals surface area contributed by atoms with Crippen LogP contribution in [0.1, 0.15) is 57.6 Å². The van der Waals surface area contributed by atoms with Gasteiger partial charge in [0.05, 0.1) is 30.9 Å². The van der Waals surface area contributed by atoms with Gasteiger partial charge in [-0.2, -0.15) is 0 Å². The monoisotopic (exact) mass is 631 g/mol. The molecule has 3 aromatic rings. The first kappa shape index (κ1) is 34.4.